The summed E-state index contributed by atoms with van der Waals surface area (Å²) in [6.07, 6.45) is -4.80. The molecule has 3 amide bonds. The van der Waals surface area contributed by atoms with Crippen molar-refractivity contribution in [3.8, 4) is 0 Å². The molecule has 48 heavy (non-hydrogen) atoms. The molecular weight excluding hydrogens is 695 g/mol. The van der Waals surface area contributed by atoms with Crippen LogP contribution in [0.15, 0.2) is 77.7 Å². The Morgan fingerprint density at radius 2 is 1.71 bits per heavy atom. The molecule has 2 atom stereocenters. The number of H-pyrrole nitrogens is 1. The van der Waals surface area contributed by atoms with Gasteiger partial charge in [-0.1, -0.05) is 54.1 Å². The Morgan fingerprint density at radius 1 is 1.08 bits per heavy atom. The molecule has 17 heteroatoms. The molecule has 0 aliphatic carbocycles. The van der Waals surface area contributed by atoms with E-state index in [0.29, 0.717) is 28.3 Å². The van der Waals surface area contributed by atoms with Crippen LogP contribution in [0.4, 0.5) is 18.0 Å². The smallest absolute Gasteiger partial charge is 0.475 e. The van der Waals surface area contributed by atoms with Crippen LogP contribution < -0.4 is 10.0 Å². The van der Waals surface area contributed by atoms with E-state index in [9.17, 15) is 31.2 Å². The molecule has 1 fully saturated rings. The largest absolute Gasteiger partial charge is 0.490 e. The molecule has 4 aromatic rings. The summed E-state index contributed by atoms with van der Waals surface area (Å²) in [6.45, 7) is 5.13. The summed E-state index contributed by atoms with van der Waals surface area (Å²) in [7, 11) is -3.84. The minimum absolute atomic E-state index is 0.0933. The van der Waals surface area contributed by atoms with Crippen LogP contribution >= 0.6 is 23.5 Å². The van der Waals surface area contributed by atoms with E-state index in [1.807, 2.05) is 42.5 Å². The van der Waals surface area contributed by atoms with Gasteiger partial charge in [-0.3, -0.25) is 9.52 Å². The van der Waals surface area contributed by atoms with Crippen LogP contribution in [-0.2, 0) is 26.0 Å². The SMILES string of the molecule is CC(C)(C)N1C(=O)CC(c2ccc(C[C@H](NC(=O)NSc3ccccc3)c3nc4ccc(Cl)cc4[nH]3)cc2)S1(=O)=O.O=C(O)C(F)(F)F. The maximum Gasteiger partial charge on any atom is 0.490 e. The van der Waals surface area contributed by atoms with Crippen molar-refractivity contribution in [1.82, 2.24) is 24.3 Å². The lowest BCUT2D eigenvalue weighted by Crippen LogP contribution is -2.45. The van der Waals surface area contributed by atoms with Crippen molar-refractivity contribution >= 4 is 62.5 Å². The Morgan fingerprint density at radius 3 is 2.27 bits per heavy atom. The minimum Gasteiger partial charge on any atom is -0.475 e. The molecule has 256 valence electrons. The first-order valence-electron chi connectivity index (χ1n) is 14.3. The van der Waals surface area contributed by atoms with E-state index in [4.69, 9.17) is 21.5 Å². The van der Waals surface area contributed by atoms with Crippen LogP contribution in [0.3, 0.4) is 0 Å². The second kappa shape index (κ2) is 14.5. The molecule has 0 radical (unpaired) electrons. The Balaban J connectivity index is 0.000000671. The highest BCUT2D eigenvalue weighted by Gasteiger charge is 2.49. The number of carbonyl (C=O) groups excluding carboxylic acids is 2. The zero-order valence-electron chi connectivity index (χ0n) is 25.7. The van der Waals surface area contributed by atoms with Gasteiger partial charge in [-0.15, -0.1) is 0 Å². The monoisotopic (exact) mass is 725 g/mol. The number of alkyl halides is 3. The summed E-state index contributed by atoms with van der Waals surface area (Å²) in [5.41, 5.74) is 2.02. The number of urea groups is 1. The van der Waals surface area contributed by atoms with Crippen molar-refractivity contribution in [1.29, 1.82) is 0 Å². The zero-order valence-corrected chi connectivity index (χ0v) is 28.1. The van der Waals surface area contributed by atoms with Gasteiger partial charge in [-0.05, 0) is 80.6 Å². The maximum absolute atomic E-state index is 13.2. The second-order valence-corrected chi connectivity index (χ2v) is 14.9. The van der Waals surface area contributed by atoms with E-state index in [2.05, 4.69) is 20.0 Å². The maximum atomic E-state index is 13.2. The standard InChI is InChI=1S/C29H30ClN5O4S2.C2HF3O2/c1-29(2,3)35-26(36)17-25(41(35,38)39)19-11-9-18(10-12-19)15-24(27-31-22-14-13-20(30)16-23(22)32-27)33-28(37)34-40-21-7-5-4-6-8-21;3-2(4,5)1(6)7/h4-14,16,24-25H,15,17H2,1-3H3,(H,31,32)(H2,33,34,37);(H,6,7)/t24-,25?;/m0./s1. The number of amides is 3. The molecule has 11 nitrogen and oxygen atoms in total. The molecular formula is C31H31ClF3N5O6S2. The Kier molecular flexibility index (Phi) is 11.0. The Bertz CT molecular complexity index is 1900. The van der Waals surface area contributed by atoms with Gasteiger partial charge in [0.25, 0.3) is 0 Å². The molecule has 3 aromatic carbocycles. The first-order chi connectivity index (χ1) is 22.4. The van der Waals surface area contributed by atoms with Crippen molar-refractivity contribution in [3.05, 3.63) is 94.8 Å². The van der Waals surface area contributed by atoms with E-state index >= 15 is 0 Å². The van der Waals surface area contributed by atoms with Crippen molar-refractivity contribution in [2.24, 2.45) is 0 Å². The molecule has 1 saturated heterocycles. The molecule has 4 N–H and O–H groups in total. The van der Waals surface area contributed by atoms with E-state index in [1.165, 1.54) is 11.9 Å². The lowest BCUT2D eigenvalue weighted by Gasteiger charge is -2.30. The predicted molar refractivity (Wildman–Crippen MR) is 175 cm³/mol. The molecule has 0 bridgehead atoms. The van der Waals surface area contributed by atoms with Crippen molar-refractivity contribution in [2.45, 2.75) is 61.5 Å². The number of aliphatic carboxylic acids is 1. The quantitative estimate of drug-likeness (QED) is 0.156. The molecule has 2 heterocycles. The highest BCUT2D eigenvalue weighted by molar-refractivity contribution is 7.98. The van der Waals surface area contributed by atoms with Crippen LogP contribution in [-0.4, -0.2) is 57.4 Å². The number of nitrogens with one attached hydrogen (secondary N) is 3. The number of imidazole rings is 1. The molecule has 0 saturated carbocycles. The fraction of sp³-hybridized carbons (Fsp3) is 0.290. The van der Waals surface area contributed by atoms with Crippen molar-refractivity contribution < 1.29 is 41.1 Å². The topological polar surface area (TPSA) is 162 Å². The molecule has 1 unspecified atom stereocenters. The fourth-order valence-electron chi connectivity index (χ4n) is 4.93. The number of fused-ring (bicyclic) bond motifs is 1. The summed E-state index contributed by atoms with van der Waals surface area (Å²) in [6, 6.07) is 21.0. The number of halogens is 4. The molecule has 1 aliphatic heterocycles. The van der Waals surface area contributed by atoms with E-state index < -0.39 is 50.9 Å². The molecule has 0 spiro atoms. The fourth-order valence-corrected chi connectivity index (χ4v) is 7.90. The number of carbonyl (C=O) groups is 3. The lowest BCUT2D eigenvalue weighted by molar-refractivity contribution is -0.192. The number of hydrogen-bond donors (Lipinski definition) is 4. The van der Waals surface area contributed by atoms with Gasteiger partial charge in [-0.25, -0.2) is 27.3 Å². The summed E-state index contributed by atoms with van der Waals surface area (Å²) in [5.74, 6) is -2.61. The second-order valence-electron chi connectivity index (χ2n) is 11.6. The highest BCUT2D eigenvalue weighted by Crippen LogP contribution is 2.40. The third kappa shape index (κ3) is 8.99. The Hall–Kier alpha value is -4.28. The van der Waals surface area contributed by atoms with Crippen LogP contribution in [0, 0.1) is 0 Å². The zero-order chi connectivity index (χ0) is 35.4. The van der Waals surface area contributed by atoms with Crippen LogP contribution in [0.5, 0.6) is 0 Å². The number of carboxylic acid groups (broad SMARTS) is 1. The predicted octanol–water partition coefficient (Wildman–Crippen LogP) is 6.54. The third-order valence-corrected chi connectivity index (χ3v) is 10.4. The third-order valence-electron chi connectivity index (χ3n) is 6.95. The Labute approximate surface area is 283 Å². The van der Waals surface area contributed by atoms with Crippen LogP contribution in [0.1, 0.15) is 55.4 Å². The van der Waals surface area contributed by atoms with Gasteiger partial charge in [0.15, 0.2) is 0 Å². The van der Waals surface area contributed by atoms with Gasteiger partial charge >= 0.3 is 18.2 Å². The number of sulfonamides is 1. The van der Waals surface area contributed by atoms with Crippen molar-refractivity contribution in [2.75, 3.05) is 0 Å². The van der Waals surface area contributed by atoms with Gasteiger partial charge in [-0.2, -0.15) is 13.2 Å². The van der Waals surface area contributed by atoms with Crippen molar-refractivity contribution in [3.63, 3.8) is 0 Å². The number of aromatic amines is 1. The molecule has 1 aliphatic rings. The average molecular weight is 726 g/mol. The van der Waals surface area contributed by atoms with E-state index in [1.54, 1.807) is 51.1 Å². The molecule has 1 aromatic heterocycles. The van der Waals surface area contributed by atoms with Gasteiger partial charge in [0.1, 0.15) is 11.1 Å². The first-order valence-corrected chi connectivity index (χ1v) is 17.0. The normalized spacial score (nSPS) is 16.6. The van der Waals surface area contributed by atoms with Gasteiger partial charge < -0.3 is 15.4 Å². The number of hydrogen-bond acceptors (Lipinski definition) is 7. The molecule has 5 rings (SSSR count). The van der Waals surface area contributed by atoms with Crippen LogP contribution in [0.2, 0.25) is 5.02 Å². The number of nitrogens with zero attached hydrogens (tertiary/aromatic N) is 2. The average Bonchev–Trinajstić information content (AvgIpc) is 3.52. The number of benzene rings is 3. The van der Waals surface area contributed by atoms with E-state index in [-0.39, 0.29) is 6.42 Å². The number of carboxylic acids is 1. The van der Waals surface area contributed by atoms with Gasteiger partial charge in [0, 0.05) is 9.92 Å². The lowest BCUT2D eigenvalue weighted by atomic mass is 10.0. The van der Waals surface area contributed by atoms with Gasteiger partial charge in [0.2, 0.25) is 15.9 Å². The summed E-state index contributed by atoms with van der Waals surface area (Å²) in [4.78, 5) is 43.2. The van der Waals surface area contributed by atoms with E-state index in [0.717, 1.165) is 20.3 Å². The van der Waals surface area contributed by atoms with Crippen LogP contribution in [0.25, 0.3) is 11.0 Å². The van der Waals surface area contributed by atoms with Gasteiger partial charge in [0.05, 0.1) is 29.0 Å². The number of rotatable bonds is 7. The summed E-state index contributed by atoms with van der Waals surface area (Å²) >= 11 is 7.35. The number of aromatic nitrogens is 2. The summed E-state index contributed by atoms with van der Waals surface area (Å²) in [5, 5.41) is 9.75. The summed E-state index contributed by atoms with van der Waals surface area (Å²) < 4.78 is 62.0. The highest BCUT2D eigenvalue weighted by atomic mass is 35.5. The minimum atomic E-state index is -5.08. The first kappa shape index (κ1) is 36.6.